The van der Waals surface area contributed by atoms with Gasteiger partial charge >= 0.3 is 6.09 Å². The Bertz CT molecular complexity index is 1030. The number of hydrogen-bond donors (Lipinski definition) is 1. The maximum absolute atomic E-state index is 13.0. The van der Waals surface area contributed by atoms with E-state index in [4.69, 9.17) is 9.47 Å². The van der Waals surface area contributed by atoms with Gasteiger partial charge in [-0.15, -0.1) is 0 Å². The van der Waals surface area contributed by atoms with E-state index in [1.807, 2.05) is 0 Å². The molecule has 31 heavy (non-hydrogen) atoms. The fraction of sp³-hybridized carbons (Fsp3) is 0.435. The first kappa shape index (κ1) is 23.1. The molecule has 0 aromatic heterocycles. The first-order chi connectivity index (χ1) is 14.5. The van der Waals surface area contributed by atoms with Crippen molar-refractivity contribution < 1.29 is 27.8 Å². The number of amides is 1. The number of rotatable bonds is 5. The lowest BCUT2D eigenvalue weighted by Gasteiger charge is -2.34. The van der Waals surface area contributed by atoms with Crippen molar-refractivity contribution in [3.05, 3.63) is 54.1 Å². The van der Waals surface area contributed by atoms with Gasteiger partial charge in [-0.25, -0.2) is 13.2 Å². The zero-order chi connectivity index (χ0) is 22.8. The smallest absolute Gasteiger partial charge is 0.410 e. The van der Waals surface area contributed by atoms with E-state index in [2.05, 4.69) is 0 Å². The number of sulfone groups is 1. The molecule has 168 valence electrons. The van der Waals surface area contributed by atoms with Crippen molar-refractivity contribution in [1.29, 1.82) is 0 Å². The van der Waals surface area contributed by atoms with Crippen LogP contribution in [0.4, 0.5) is 4.79 Å². The Morgan fingerprint density at radius 3 is 2.45 bits per heavy atom. The Kier molecular flexibility index (Phi) is 6.62. The third kappa shape index (κ3) is 5.37. The number of carbonyl (C=O) groups excluding carboxylic acids is 1. The third-order valence-corrected chi connectivity index (χ3v) is 6.80. The second-order valence-corrected chi connectivity index (χ2v) is 10.7. The molecule has 0 saturated carbocycles. The summed E-state index contributed by atoms with van der Waals surface area (Å²) in [4.78, 5) is 14.0. The van der Waals surface area contributed by atoms with Crippen LogP contribution in [-0.2, 0) is 14.6 Å². The highest BCUT2D eigenvalue weighted by molar-refractivity contribution is 7.91. The zero-order valence-corrected chi connectivity index (χ0v) is 19.1. The molecule has 7 nitrogen and oxygen atoms in total. The van der Waals surface area contributed by atoms with E-state index in [9.17, 15) is 18.3 Å². The van der Waals surface area contributed by atoms with Crippen molar-refractivity contribution >= 4 is 15.9 Å². The SMILES string of the molecule is CN(CC1CC(CO)c2ccc(S(=O)(=O)c3ccccc3)cc2O1)C(=O)OC(C)(C)C. The van der Waals surface area contributed by atoms with Gasteiger partial charge in [-0.3, -0.25) is 0 Å². The minimum absolute atomic E-state index is 0.103. The Labute approximate surface area is 183 Å². The number of hydrogen-bond acceptors (Lipinski definition) is 6. The van der Waals surface area contributed by atoms with Gasteiger partial charge in [0.15, 0.2) is 0 Å². The van der Waals surface area contributed by atoms with Crippen LogP contribution in [0.3, 0.4) is 0 Å². The summed E-state index contributed by atoms with van der Waals surface area (Å²) < 4.78 is 37.4. The predicted octanol–water partition coefficient (Wildman–Crippen LogP) is 3.61. The zero-order valence-electron chi connectivity index (χ0n) is 18.2. The molecule has 1 aliphatic rings. The Balaban J connectivity index is 1.84. The minimum atomic E-state index is -3.70. The molecule has 2 aromatic carbocycles. The Morgan fingerprint density at radius 1 is 1.16 bits per heavy atom. The summed E-state index contributed by atoms with van der Waals surface area (Å²) in [5, 5.41) is 9.88. The maximum Gasteiger partial charge on any atom is 0.410 e. The van der Waals surface area contributed by atoms with E-state index in [0.717, 1.165) is 5.56 Å². The standard InChI is InChI=1S/C23H29NO6S/c1-23(2,3)30-22(26)24(4)14-17-12-16(15-25)20-11-10-19(13-21(20)29-17)31(27,28)18-8-6-5-7-9-18/h5-11,13,16-17,25H,12,14-15H2,1-4H3. The Hall–Kier alpha value is -2.58. The van der Waals surface area contributed by atoms with Crippen molar-refractivity contribution in [2.75, 3.05) is 20.2 Å². The van der Waals surface area contributed by atoms with Gasteiger partial charge in [-0.2, -0.15) is 0 Å². The van der Waals surface area contributed by atoms with Crippen LogP contribution >= 0.6 is 0 Å². The number of aliphatic hydroxyl groups excluding tert-OH is 1. The van der Waals surface area contributed by atoms with Crippen LogP contribution < -0.4 is 4.74 Å². The molecule has 1 amide bonds. The van der Waals surface area contributed by atoms with E-state index in [-0.39, 0.29) is 28.9 Å². The van der Waals surface area contributed by atoms with E-state index >= 15 is 0 Å². The fourth-order valence-electron chi connectivity index (χ4n) is 3.53. The highest BCUT2D eigenvalue weighted by atomic mass is 32.2. The molecular weight excluding hydrogens is 418 g/mol. The molecule has 0 bridgehead atoms. The second kappa shape index (κ2) is 8.88. The number of benzene rings is 2. The first-order valence-corrected chi connectivity index (χ1v) is 11.7. The van der Waals surface area contributed by atoms with E-state index in [0.29, 0.717) is 12.2 Å². The van der Waals surface area contributed by atoms with E-state index < -0.39 is 27.6 Å². The third-order valence-electron chi connectivity index (χ3n) is 5.03. The summed E-state index contributed by atoms with van der Waals surface area (Å²) in [6.45, 7) is 5.53. The quantitative estimate of drug-likeness (QED) is 0.753. The molecule has 0 aliphatic carbocycles. The summed E-state index contributed by atoms with van der Waals surface area (Å²) in [5.74, 6) is 0.194. The molecule has 0 fully saturated rings. The topological polar surface area (TPSA) is 93.1 Å². The largest absolute Gasteiger partial charge is 0.488 e. The van der Waals surface area contributed by atoms with Crippen LogP contribution in [0, 0.1) is 0 Å². The van der Waals surface area contributed by atoms with Crippen molar-refractivity contribution in [2.45, 2.75) is 54.6 Å². The number of aliphatic hydroxyl groups is 1. The predicted molar refractivity (Wildman–Crippen MR) is 116 cm³/mol. The average Bonchev–Trinajstić information content (AvgIpc) is 2.72. The molecule has 1 aliphatic heterocycles. The molecule has 2 atom stereocenters. The molecule has 2 aromatic rings. The van der Waals surface area contributed by atoms with E-state index in [1.54, 1.807) is 70.3 Å². The van der Waals surface area contributed by atoms with Crippen LogP contribution in [0.15, 0.2) is 58.3 Å². The summed E-state index contributed by atoms with van der Waals surface area (Å²) >= 11 is 0. The molecule has 0 radical (unpaired) electrons. The van der Waals surface area contributed by atoms with Crippen LogP contribution in [0.1, 0.15) is 38.7 Å². The second-order valence-electron chi connectivity index (χ2n) is 8.73. The summed E-state index contributed by atoms with van der Waals surface area (Å²) in [6.07, 6.45) is -0.374. The van der Waals surface area contributed by atoms with Crippen LogP contribution in [-0.4, -0.2) is 56.4 Å². The number of fused-ring (bicyclic) bond motifs is 1. The molecule has 0 saturated heterocycles. The van der Waals surface area contributed by atoms with Gasteiger partial charge in [0.05, 0.1) is 22.9 Å². The Morgan fingerprint density at radius 2 is 1.84 bits per heavy atom. The van der Waals surface area contributed by atoms with Crippen molar-refractivity contribution in [3.8, 4) is 5.75 Å². The normalized spacial score (nSPS) is 18.6. The maximum atomic E-state index is 13.0. The lowest BCUT2D eigenvalue weighted by Crippen LogP contribution is -2.42. The van der Waals surface area contributed by atoms with Crippen molar-refractivity contribution in [1.82, 2.24) is 4.90 Å². The summed E-state index contributed by atoms with van der Waals surface area (Å²) in [7, 11) is -2.08. The van der Waals surface area contributed by atoms with Gasteiger partial charge in [-0.05, 0) is 57.0 Å². The van der Waals surface area contributed by atoms with Crippen LogP contribution in [0.5, 0.6) is 5.75 Å². The minimum Gasteiger partial charge on any atom is -0.488 e. The van der Waals surface area contributed by atoms with Gasteiger partial charge < -0.3 is 19.5 Å². The van der Waals surface area contributed by atoms with Gasteiger partial charge in [-0.1, -0.05) is 24.3 Å². The molecule has 1 N–H and O–H groups in total. The molecule has 8 heteroatoms. The van der Waals surface area contributed by atoms with Gasteiger partial charge in [0, 0.05) is 13.0 Å². The lowest BCUT2D eigenvalue weighted by atomic mass is 9.90. The van der Waals surface area contributed by atoms with Crippen LogP contribution in [0.2, 0.25) is 0 Å². The highest BCUT2D eigenvalue weighted by Gasteiger charge is 2.32. The summed E-state index contributed by atoms with van der Waals surface area (Å²) in [6, 6.07) is 12.9. The highest BCUT2D eigenvalue weighted by Crippen LogP contribution is 2.38. The monoisotopic (exact) mass is 447 g/mol. The lowest BCUT2D eigenvalue weighted by molar-refractivity contribution is 0.0196. The van der Waals surface area contributed by atoms with E-state index in [1.165, 1.54) is 11.0 Å². The molecule has 2 unspecified atom stereocenters. The average molecular weight is 448 g/mol. The van der Waals surface area contributed by atoms with Crippen molar-refractivity contribution in [2.24, 2.45) is 0 Å². The number of ether oxygens (including phenoxy) is 2. The van der Waals surface area contributed by atoms with Gasteiger partial charge in [0.2, 0.25) is 9.84 Å². The first-order valence-electron chi connectivity index (χ1n) is 10.2. The number of likely N-dealkylation sites (N-methyl/N-ethyl adjacent to an activating group) is 1. The number of carbonyl (C=O) groups is 1. The molecule has 1 heterocycles. The molecule has 0 spiro atoms. The van der Waals surface area contributed by atoms with Gasteiger partial charge in [0.1, 0.15) is 17.5 Å². The fourth-order valence-corrected chi connectivity index (χ4v) is 4.83. The van der Waals surface area contributed by atoms with Crippen LogP contribution in [0.25, 0.3) is 0 Å². The van der Waals surface area contributed by atoms with Crippen molar-refractivity contribution in [3.63, 3.8) is 0 Å². The number of nitrogens with zero attached hydrogens (tertiary/aromatic N) is 1. The molecule has 3 rings (SSSR count). The summed E-state index contributed by atoms with van der Waals surface area (Å²) in [5.41, 5.74) is 0.144. The van der Waals surface area contributed by atoms with Gasteiger partial charge in [0.25, 0.3) is 0 Å². The molecular formula is C23H29NO6S.